The van der Waals surface area contributed by atoms with E-state index >= 15 is 0 Å². The van der Waals surface area contributed by atoms with E-state index in [9.17, 15) is 18.0 Å². The number of fused-ring (bicyclic) bond motifs is 3. The molecule has 2 aromatic heterocycles. The van der Waals surface area contributed by atoms with Gasteiger partial charge in [-0.2, -0.15) is 13.2 Å². The Morgan fingerprint density at radius 3 is 1.79 bits per heavy atom. The van der Waals surface area contributed by atoms with Crippen molar-refractivity contribution in [2.75, 3.05) is 5.32 Å². The summed E-state index contributed by atoms with van der Waals surface area (Å²) in [7, 11) is 3.76. The maximum absolute atomic E-state index is 14.0. The molecule has 0 spiro atoms. The molecule has 3 aromatic carbocycles. The molecule has 0 radical (unpaired) electrons. The SMILES string of the molecule is Cn1cc(C2(c3cn(C)c4ccccc34)C(=O)Nc3c(C(F)(F)F)cccc32)c2ccccc21. The van der Waals surface area contributed by atoms with Crippen molar-refractivity contribution in [2.45, 2.75) is 11.6 Å². The Balaban J connectivity index is 1.82. The van der Waals surface area contributed by atoms with Crippen LogP contribution in [-0.4, -0.2) is 15.0 Å². The molecule has 0 atom stereocenters. The first-order chi connectivity index (χ1) is 16.2. The number of para-hydroxylation sites is 3. The number of benzene rings is 3. The van der Waals surface area contributed by atoms with Crippen LogP contribution in [0.25, 0.3) is 21.8 Å². The third kappa shape index (κ3) is 2.52. The van der Waals surface area contributed by atoms with Crippen LogP contribution in [-0.2, 0) is 30.5 Å². The number of nitrogens with zero attached hydrogens (tertiary/aromatic N) is 2. The summed E-state index contributed by atoms with van der Waals surface area (Å²) in [4.78, 5) is 14.0. The molecule has 0 bridgehead atoms. The van der Waals surface area contributed by atoms with E-state index in [0.29, 0.717) is 16.7 Å². The smallest absolute Gasteiger partial charge is 0.350 e. The van der Waals surface area contributed by atoms with Gasteiger partial charge in [0.25, 0.3) is 0 Å². The predicted molar refractivity (Wildman–Crippen MR) is 126 cm³/mol. The number of nitrogens with one attached hydrogen (secondary N) is 1. The summed E-state index contributed by atoms with van der Waals surface area (Å²) in [5.74, 6) is -0.494. The highest BCUT2D eigenvalue weighted by atomic mass is 19.4. The molecule has 7 heteroatoms. The van der Waals surface area contributed by atoms with Gasteiger partial charge in [0.2, 0.25) is 5.91 Å². The van der Waals surface area contributed by atoms with Crippen molar-refractivity contribution in [1.29, 1.82) is 0 Å². The third-order valence-electron chi connectivity index (χ3n) is 6.95. The summed E-state index contributed by atoms with van der Waals surface area (Å²) in [6.45, 7) is 0. The number of carbonyl (C=O) groups excluding carboxylic acids is 1. The van der Waals surface area contributed by atoms with Crippen molar-refractivity contribution in [3.05, 3.63) is 101 Å². The van der Waals surface area contributed by atoms with Crippen LogP contribution in [0.4, 0.5) is 18.9 Å². The number of amides is 1. The molecule has 1 N–H and O–H groups in total. The molecule has 0 saturated heterocycles. The summed E-state index contributed by atoms with van der Waals surface area (Å²) in [6.07, 6.45) is -0.880. The molecule has 170 valence electrons. The van der Waals surface area contributed by atoms with Gasteiger partial charge in [-0.3, -0.25) is 4.79 Å². The molecule has 0 saturated carbocycles. The fourth-order valence-corrected chi connectivity index (χ4v) is 5.53. The number of hydrogen-bond donors (Lipinski definition) is 1. The van der Waals surface area contributed by atoms with E-state index in [2.05, 4.69) is 5.32 Å². The monoisotopic (exact) mass is 459 g/mol. The van der Waals surface area contributed by atoms with Gasteiger partial charge >= 0.3 is 6.18 Å². The van der Waals surface area contributed by atoms with Crippen LogP contribution in [0.5, 0.6) is 0 Å². The molecular formula is C27H20F3N3O. The average molecular weight is 459 g/mol. The number of aryl methyl sites for hydroxylation is 2. The summed E-state index contributed by atoms with van der Waals surface area (Å²) >= 11 is 0. The van der Waals surface area contributed by atoms with Gasteiger partial charge in [0.1, 0.15) is 5.41 Å². The third-order valence-corrected chi connectivity index (χ3v) is 6.95. The molecule has 0 fully saturated rings. The Morgan fingerprint density at radius 2 is 1.26 bits per heavy atom. The Hall–Kier alpha value is -4.00. The van der Waals surface area contributed by atoms with Crippen LogP contribution in [0, 0.1) is 0 Å². The second-order valence-electron chi connectivity index (χ2n) is 8.77. The maximum atomic E-state index is 14.0. The minimum atomic E-state index is -4.60. The number of halogens is 3. The van der Waals surface area contributed by atoms with Crippen LogP contribution in [0.3, 0.4) is 0 Å². The Bertz CT molecular complexity index is 1540. The normalized spacial score (nSPS) is 15.1. The zero-order valence-electron chi connectivity index (χ0n) is 18.4. The minimum absolute atomic E-state index is 0.180. The van der Waals surface area contributed by atoms with E-state index in [-0.39, 0.29) is 5.69 Å². The summed E-state index contributed by atoms with van der Waals surface area (Å²) in [6, 6.07) is 19.3. The first-order valence-corrected chi connectivity index (χ1v) is 10.9. The van der Waals surface area contributed by atoms with Gasteiger partial charge in [-0.15, -0.1) is 0 Å². The zero-order valence-corrected chi connectivity index (χ0v) is 18.4. The number of aromatic nitrogens is 2. The van der Waals surface area contributed by atoms with E-state index in [1.54, 1.807) is 6.07 Å². The average Bonchev–Trinajstić information content (AvgIpc) is 3.43. The molecule has 6 rings (SSSR count). The van der Waals surface area contributed by atoms with Crippen molar-refractivity contribution in [3.63, 3.8) is 0 Å². The van der Waals surface area contributed by atoms with Gasteiger partial charge in [-0.05, 0) is 18.2 Å². The number of anilines is 1. The topological polar surface area (TPSA) is 39.0 Å². The lowest BCUT2D eigenvalue weighted by Crippen LogP contribution is -2.36. The summed E-state index contributed by atoms with van der Waals surface area (Å²) in [5, 5.41) is 4.27. The Kier molecular flexibility index (Phi) is 4.09. The molecule has 5 aromatic rings. The van der Waals surface area contributed by atoms with Crippen molar-refractivity contribution in [3.8, 4) is 0 Å². The molecule has 4 nitrogen and oxygen atoms in total. The second kappa shape index (κ2) is 6.76. The van der Waals surface area contributed by atoms with Crippen LogP contribution in [0.2, 0.25) is 0 Å². The van der Waals surface area contributed by atoms with Gasteiger partial charge in [0, 0.05) is 65.0 Å². The number of rotatable bonds is 2. The summed E-state index contributed by atoms with van der Waals surface area (Å²) < 4.78 is 45.8. The highest BCUT2D eigenvalue weighted by molar-refractivity contribution is 6.16. The standard InChI is InChI=1S/C27H20F3N3O/c1-32-14-20(16-8-3-5-12-22(16)32)26(21-15-33(2)23-13-6-4-9-17(21)23)18-10-7-11-19(27(28,29)30)24(18)31-25(26)34/h3-15H,1-2H3,(H,31,34). The van der Waals surface area contributed by atoms with E-state index in [4.69, 9.17) is 0 Å². The minimum Gasteiger partial charge on any atom is -0.350 e. The molecule has 0 aliphatic carbocycles. The zero-order chi connectivity index (χ0) is 23.8. The predicted octanol–water partition coefficient (Wildman–Crippen LogP) is 5.98. The first kappa shape index (κ1) is 20.6. The van der Waals surface area contributed by atoms with E-state index in [0.717, 1.165) is 27.9 Å². The Morgan fingerprint density at radius 1 is 0.735 bits per heavy atom. The van der Waals surface area contributed by atoms with Crippen LogP contribution >= 0.6 is 0 Å². The van der Waals surface area contributed by atoms with E-state index in [1.807, 2.05) is 84.2 Å². The fourth-order valence-electron chi connectivity index (χ4n) is 5.53. The van der Waals surface area contributed by atoms with Gasteiger partial charge in [0.05, 0.1) is 11.3 Å². The van der Waals surface area contributed by atoms with Crippen LogP contribution < -0.4 is 5.32 Å². The molecule has 3 heterocycles. The maximum Gasteiger partial charge on any atom is 0.418 e. The lowest BCUT2D eigenvalue weighted by molar-refractivity contribution is -0.136. The molecule has 0 unspecified atom stereocenters. The van der Waals surface area contributed by atoms with Crippen molar-refractivity contribution < 1.29 is 18.0 Å². The molecule has 1 aliphatic rings. The fraction of sp³-hybridized carbons (Fsp3) is 0.148. The van der Waals surface area contributed by atoms with Gasteiger partial charge in [-0.1, -0.05) is 48.5 Å². The van der Waals surface area contributed by atoms with Gasteiger partial charge in [0.15, 0.2) is 0 Å². The van der Waals surface area contributed by atoms with Crippen molar-refractivity contribution in [2.24, 2.45) is 14.1 Å². The molecule has 34 heavy (non-hydrogen) atoms. The highest BCUT2D eigenvalue weighted by Gasteiger charge is 2.54. The number of carbonyl (C=O) groups is 1. The molecule has 1 amide bonds. The largest absolute Gasteiger partial charge is 0.418 e. The highest BCUT2D eigenvalue weighted by Crippen LogP contribution is 2.54. The van der Waals surface area contributed by atoms with Gasteiger partial charge < -0.3 is 14.5 Å². The molecular weight excluding hydrogens is 439 g/mol. The summed E-state index contributed by atoms with van der Waals surface area (Å²) in [5.41, 5.74) is 0.908. The lowest BCUT2D eigenvalue weighted by atomic mass is 9.70. The van der Waals surface area contributed by atoms with E-state index in [1.165, 1.54) is 6.07 Å². The van der Waals surface area contributed by atoms with E-state index < -0.39 is 23.1 Å². The van der Waals surface area contributed by atoms with Crippen molar-refractivity contribution >= 4 is 33.4 Å². The van der Waals surface area contributed by atoms with Crippen LogP contribution in [0.1, 0.15) is 22.3 Å². The van der Waals surface area contributed by atoms with Gasteiger partial charge in [-0.25, -0.2) is 0 Å². The first-order valence-electron chi connectivity index (χ1n) is 10.9. The molecule has 1 aliphatic heterocycles. The van der Waals surface area contributed by atoms with Crippen molar-refractivity contribution in [1.82, 2.24) is 9.13 Å². The lowest BCUT2D eigenvalue weighted by Gasteiger charge is -2.28. The number of hydrogen-bond acceptors (Lipinski definition) is 1. The van der Waals surface area contributed by atoms with Crippen LogP contribution in [0.15, 0.2) is 79.1 Å². The Labute approximate surface area is 193 Å². The quantitative estimate of drug-likeness (QED) is 0.347. The number of alkyl halides is 3. The second-order valence-corrected chi connectivity index (χ2v) is 8.77.